The molecule has 4 atom stereocenters. The van der Waals surface area contributed by atoms with E-state index in [1.165, 1.54) is 0 Å². The van der Waals surface area contributed by atoms with Crippen molar-refractivity contribution in [2.75, 3.05) is 0 Å². The summed E-state index contributed by atoms with van der Waals surface area (Å²) >= 11 is 3.63. The Morgan fingerprint density at radius 2 is 1.84 bits per heavy atom. The second-order valence-electron chi connectivity index (χ2n) is 5.65. The van der Waals surface area contributed by atoms with Crippen molar-refractivity contribution in [3.05, 3.63) is 29.8 Å². The van der Waals surface area contributed by atoms with Crippen LogP contribution >= 0.6 is 15.9 Å². The SMILES string of the molecule is Cc1ccc(S(=O)(=O)O[C@@H]2C[C@@H]3C[C@H]2[C@@H](Br)C3)cc1. The zero-order valence-corrected chi connectivity index (χ0v) is 13.2. The van der Waals surface area contributed by atoms with Gasteiger partial charge in [0.1, 0.15) is 0 Å². The van der Waals surface area contributed by atoms with E-state index in [9.17, 15) is 8.42 Å². The molecule has 3 rings (SSSR count). The van der Waals surface area contributed by atoms with Crippen molar-refractivity contribution < 1.29 is 12.6 Å². The predicted octanol–water partition coefficient (Wildman–Crippen LogP) is 3.26. The monoisotopic (exact) mass is 344 g/mol. The molecule has 0 spiro atoms. The summed E-state index contributed by atoms with van der Waals surface area (Å²) in [5, 5.41) is 0. The van der Waals surface area contributed by atoms with Gasteiger partial charge in [0.05, 0.1) is 11.0 Å². The molecule has 2 bridgehead atoms. The molecular formula is C14H17BrO3S. The lowest BCUT2D eigenvalue weighted by atomic mass is 9.98. The molecule has 0 saturated heterocycles. The van der Waals surface area contributed by atoms with Crippen molar-refractivity contribution in [2.45, 2.75) is 42.0 Å². The Morgan fingerprint density at radius 1 is 1.16 bits per heavy atom. The van der Waals surface area contributed by atoms with Gasteiger partial charge in [-0.2, -0.15) is 8.42 Å². The number of benzene rings is 1. The van der Waals surface area contributed by atoms with E-state index >= 15 is 0 Å². The van der Waals surface area contributed by atoms with Crippen LogP contribution in [0, 0.1) is 18.8 Å². The molecule has 0 aliphatic heterocycles. The first-order valence-electron chi connectivity index (χ1n) is 6.60. The van der Waals surface area contributed by atoms with Crippen LogP contribution < -0.4 is 0 Å². The van der Waals surface area contributed by atoms with Crippen LogP contribution in [0.5, 0.6) is 0 Å². The topological polar surface area (TPSA) is 43.4 Å². The number of aryl methyl sites for hydroxylation is 1. The van der Waals surface area contributed by atoms with Crippen molar-refractivity contribution in [1.82, 2.24) is 0 Å². The molecule has 0 N–H and O–H groups in total. The number of hydrogen-bond donors (Lipinski definition) is 0. The zero-order valence-electron chi connectivity index (χ0n) is 10.8. The van der Waals surface area contributed by atoms with Crippen LogP contribution in [0.15, 0.2) is 29.2 Å². The highest BCUT2D eigenvalue weighted by Crippen LogP contribution is 2.49. The molecule has 104 valence electrons. The van der Waals surface area contributed by atoms with Gasteiger partial charge in [-0.25, -0.2) is 0 Å². The minimum atomic E-state index is -3.63. The Hall–Kier alpha value is -0.390. The van der Waals surface area contributed by atoms with Gasteiger partial charge in [0, 0.05) is 4.83 Å². The fourth-order valence-electron chi connectivity index (χ4n) is 3.24. The summed E-state index contributed by atoms with van der Waals surface area (Å²) in [4.78, 5) is 0.663. The Morgan fingerprint density at radius 3 is 2.42 bits per heavy atom. The standard InChI is InChI=1S/C14H17BrO3S/c1-9-2-4-11(5-3-9)19(16,17)18-14-8-10-6-12(14)13(15)7-10/h2-5,10,12-14H,6-8H2,1H3/t10-,12+,13+,14-/m1/s1. The fraction of sp³-hybridized carbons (Fsp3) is 0.571. The molecule has 5 heteroatoms. The quantitative estimate of drug-likeness (QED) is 0.624. The Bertz CT molecular complexity index is 567. The van der Waals surface area contributed by atoms with E-state index in [0.717, 1.165) is 24.8 Å². The molecule has 0 unspecified atom stereocenters. The summed E-state index contributed by atoms with van der Waals surface area (Å²) in [6.45, 7) is 1.93. The van der Waals surface area contributed by atoms with Crippen LogP contribution in [0.2, 0.25) is 0 Å². The first-order valence-corrected chi connectivity index (χ1v) is 8.92. The van der Waals surface area contributed by atoms with E-state index in [2.05, 4.69) is 15.9 Å². The number of rotatable bonds is 3. The van der Waals surface area contributed by atoms with E-state index < -0.39 is 10.1 Å². The molecule has 2 aliphatic carbocycles. The summed E-state index contributed by atoms with van der Waals surface area (Å²) < 4.78 is 30.0. The van der Waals surface area contributed by atoms with Crippen molar-refractivity contribution in [3.63, 3.8) is 0 Å². The van der Waals surface area contributed by atoms with Gasteiger partial charge in [0.25, 0.3) is 10.1 Å². The van der Waals surface area contributed by atoms with Crippen molar-refractivity contribution in [2.24, 2.45) is 11.8 Å². The molecule has 0 aromatic heterocycles. The maximum Gasteiger partial charge on any atom is 0.297 e. The molecule has 3 nitrogen and oxygen atoms in total. The normalized spacial score (nSPS) is 33.8. The third kappa shape index (κ3) is 2.60. The molecule has 2 saturated carbocycles. The third-order valence-electron chi connectivity index (χ3n) is 4.23. The summed E-state index contributed by atoms with van der Waals surface area (Å²) in [5.41, 5.74) is 1.04. The minimum absolute atomic E-state index is 0.158. The lowest BCUT2D eigenvalue weighted by Gasteiger charge is -2.25. The van der Waals surface area contributed by atoms with E-state index in [-0.39, 0.29) is 11.0 Å². The second kappa shape index (κ2) is 4.86. The van der Waals surface area contributed by atoms with E-state index in [0.29, 0.717) is 16.7 Å². The number of hydrogen-bond acceptors (Lipinski definition) is 3. The second-order valence-corrected chi connectivity index (χ2v) is 8.40. The maximum absolute atomic E-state index is 12.2. The molecule has 2 aliphatic rings. The lowest BCUT2D eigenvalue weighted by molar-refractivity contribution is 0.150. The van der Waals surface area contributed by atoms with Crippen LogP contribution in [0.4, 0.5) is 0 Å². The lowest BCUT2D eigenvalue weighted by Crippen LogP contribution is -2.29. The van der Waals surface area contributed by atoms with Gasteiger partial charge in [-0.1, -0.05) is 33.6 Å². The first kappa shape index (κ1) is 13.6. The molecule has 1 aromatic rings. The van der Waals surface area contributed by atoms with Crippen LogP contribution in [-0.2, 0) is 14.3 Å². The van der Waals surface area contributed by atoms with Crippen molar-refractivity contribution in [3.8, 4) is 0 Å². The van der Waals surface area contributed by atoms with Gasteiger partial charge in [-0.3, -0.25) is 4.18 Å². The highest BCUT2D eigenvalue weighted by molar-refractivity contribution is 9.09. The highest BCUT2D eigenvalue weighted by Gasteiger charge is 2.47. The molecule has 2 fully saturated rings. The Labute approximate surface area is 122 Å². The molecule has 19 heavy (non-hydrogen) atoms. The maximum atomic E-state index is 12.2. The van der Waals surface area contributed by atoms with Gasteiger partial charge < -0.3 is 0 Å². The molecular weight excluding hydrogens is 328 g/mol. The van der Waals surface area contributed by atoms with Crippen LogP contribution in [-0.4, -0.2) is 19.3 Å². The van der Waals surface area contributed by atoms with Crippen molar-refractivity contribution in [1.29, 1.82) is 0 Å². The number of alkyl halides is 1. The summed E-state index contributed by atoms with van der Waals surface area (Å²) in [7, 11) is -3.63. The summed E-state index contributed by atoms with van der Waals surface area (Å²) in [5.74, 6) is 0.956. The predicted molar refractivity (Wildman–Crippen MR) is 76.8 cm³/mol. The first-order chi connectivity index (χ1) is 8.95. The van der Waals surface area contributed by atoms with Crippen molar-refractivity contribution >= 4 is 26.0 Å². The smallest absolute Gasteiger partial charge is 0.263 e. The average molecular weight is 345 g/mol. The molecule has 0 heterocycles. The van der Waals surface area contributed by atoms with Gasteiger partial charge >= 0.3 is 0 Å². The van der Waals surface area contributed by atoms with Gasteiger partial charge in [0.15, 0.2) is 0 Å². The Kier molecular flexibility index (Phi) is 3.48. The molecule has 0 radical (unpaired) electrons. The largest absolute Gasteiger partial charge is 0.297 e. The Balaban J connectivity index is 1.77. The molecule has 1 aromatic carbocycles. The summed E-state index contributed by atoms with van der Waals surface area (Å²) in [6.07, 6.45) is 2.95. The minimum Gasteiger partial charge on any atom is -0.263 e. The van der Waals surface area contributed by atoms with Gasteiger partial charge in [0.2, 0.25) is 0 Å². The van der Waals surface area contributed by atoms with Gasteiger partial charge in [-0.15, -0.1) is 0 Å². The van der Waals surface area contributed by atoms with E-state index in [1.54, 1.807) is 24.3 Å². The van der Waals surface area contributed by atoms with Crippen LogP contribution in [0.3, 0.4) is 0 Å². The average Bonchev–Trinajstić information content (AvgIpc) is 2.87. The van der Waals surface area contributed by atoms with E-state index in [4.69, 9.17) is 4.18 Å². The van der Waals surface area contributed by atoms with Crippen LogP contribution in [0.1, 0.15) is 24.8 Å². The van der Waals surface area contributed by atoms with Gasteiger partial charge in [-0.05, 0) is 50.2 Å². The number of halogens is 1. The highest BCUT2D eigenvalue weighted by atomic mass is 79.9. The van der Waals surface area contributed by atoms with Crippen LogP contribution in [0.25, 0.3) is 0 Å². The van der Waals surface area contributed by atoms with E-state index in [1.807, 2.05) is 6.92 Å². The zero-order chi connectivity index (χ0) is 13.6. The fourth-order valence-corrected chi connectivity index (χ4v) is 5.45. The molecule has 0 amide bonds. The third-order valence-corrected chi connectivity index (χ3v) is 6.63. The summed E-state index contributed by atoms with van der Waals surface area (Å²) in [6, 6.07) is 6.82. The number of fused-ring (bicyclic) bond motifs is 2.